The van der Waals surface area contributed by atoms with Crippen molar-refractivity contribution in [2.24, 2.45) is 0 Å². The molecule has 0 saturated carbocycles. The number of rotatable bonds is 3. The van der Waals surface area contributed by atoms with Crippen LogP contribution in [0.15, 0.2) is 48.7 Å². The second-order valence-electron chi connectivity index (χ2n) is 7.16. The molecule has 0 aliphatic carbocycles. The highest BCUT2D eigenvalue weighted by molar-refractivity contribution is 5.89. The van der Waals surface area contributed by atoms with Crippen LogP contribution in [-0.4, -0.2) is 29.0 Å². The molecule has 2 amide bonds. The normalized spacial score (nSPS) is 14.8. The van der Waals surface area contributed by atoms with E-state index in [1.54, 1.807) is 12.1 Å². The summed E-state index contributed by atoms with van der Waals surface area (Å²) in [6.45, 7) is 1.30. The van der Waals surface area contributed by atoms with Gasteiger partial charge in [0.2, 0.25) is 0 Å². The van der Waals surface area contributed by atoms with E-state index < -0.39 is 0 Å². The summed E-state index contributed by atoms with van der Waals surface area (Å²) in [4.78, 5) is 17.6. The number of nitrogens with zero attached hydrogens (tertiary/aromatic N) is 2. The van der Waals surface area contributed by atoms with Crippen LogP contribution < -0.4 is 5.32 Å². The lowest BCUT2D eigenvalue weighted by Gasteiger charge is -2.32. The zero-order valence-electron chi connectivity index (χ0n) is 15.4. The first kappa shape index (κ1) is 18.1. The van der Waals surface area contributed by atoms with E-state index in [0.29, 0.717) is 31.1 Å². The summed E-state index contributed by atoms with van der Waals surface area (Å²) in [6, 6.07) is 14.1. The Morgan fingerprint density at radius 3 is 2.86 bits per heavy atom. The molecule has 0 spiro atoms. The number of H-pyrrole nitrogens is 1. The second kappa shape index (κ2) is 7.73. The molecule has 28 heavy (non-hydrogen) atoms. The van der Waals surface area contributed by atoms with E-state index >= 15 is 0 Å². The largest absolute Gasteiger partial charge is 0.361 e. The molecule has 1 saturated heterocycles. The zero-order chi connectivity index (χ0) is 19.5. The number of carbonyl (C=O) groups excluding carboxylic acids is 1. The van der Waals surface area contributed by atoms with Crippen molar-refractivity contribution in [3.05, 3.63) is 65.6 Å². The van der Waals surface area contributed by atoms with E-state index in [9.17, 15) is 9.18 Å². The quantitative estimate of drug-likeness (QED) is 0.690. The van der Waals surface area contributed by atoms with Crippen LogP contribution in [0.1, 0.15) is 29.9 Å². The van der Waals surface area contributed by atoms with E-state index in [4.69, 9.17) is 5.26 Å². The number of aromatic amines is 1. The van der Waals surface area contributed by atoms with Gasteiger partial charge >= 0.3 is 6.03 Å². The van der Waals surface area contributed by atoms with Gasteiger partial charge in [0.05, 0.1) is 12.5 Å². The molecule has 5 nitrogen and oxygen atoms in total. The molecule has 6 heteroatoms. The van der Waals surface area contributed by atoms with Crippen LogP contribution in [0.5, 0.6) is 0 Å². The maximum atomic E-state index is 13.6. The smallest absolute Gasteiger partial charge is 0.321 e. The minimum absolute atomic E-state index is 0.127. The SMILES string of the molecule is N#CCc1cccc(NC(=O)N2CCC(c3c[nH]c4ccc(F)cc34)CC2)c1. The van der Waals surface area contributed by atoms with Crippen LogP contribution in [-0.2, 0) is 6.42 Å². The minimum Gasteiger partial charge on any atom is -0.361 e. The van der Waals surface area contributed by atoms with Crippen LogP contribution in [0.2, 0.25) is 0 Å². The molecule has 0 atom stereocenters. The maximum absolute atomic E-state index is 13.6. The van der Waals surface area contributed by atoms with Crippen LogP contribution in [0.25, 0.3) is 10.9 Å². The monoisotopic (exact) mass is 376 g/mol. The summed E-state index contributed by atoms with van der Waals surface area (Å²) in [5.41, 5.74) is 3.64. The van der Waals surface area contributed by atoms with Crippen LogP contribution >= 0.6 is 0 Å². The number of fused-ring (bicyclic) bond motifs is 1. The predicted octanol–water partition coefficient (Wildman–Crippen LogP) is 4.78. The fraction of sp³-hybridized carbons (Fsp3) is 0.273. The highest BCUT2D eigenvalue weighted by Crippen LogP contribution is 2.33. The number of likely N-dealkylation sites (tertiary alicyclic amines) is 1. The van der Waals surface area contributed by atoms with E-state index in [-0.39, 0.29) is 11.8 Å². The third kappa shape index (κ3) is 3.70. The number of amides is 2. The number of anilines is 1. The molecule has 0 bridgehead atoms. The van der Waals surface area contributed by atoms with Crippen molar-refractivity contribution in [3.63, 3.8) is 0 Å². The number of benzene rings is 2. The Morgan fingerprint density at radius 1 is 1.25 bits per heavy atom. The first-order valence-corrected chi connectivity index (χ1v) is 9.42. The van der Waals surface area contributed by atoms with Gasteiger partial charge < -0.3 is 15.2 Å². The van der Waals surface area contributed by atoms with Gasteiger partial charge in [-0.1, -0.05) is 12.1 Å². The highest BCUT2D eigenvalue weighted by atomic mass is 19.1. The number of urea groups is 1. The lowest BCUT2D eigenvalue weighted by molar-refractivity contribution is 0.195. The second-order valence-corrected chi connectivity index (χ2v) is 7.16. The summed E-state index contributed by atoms with van der Waals surface area (Å²) in [5.74, 6) is 0.0716. The fourth-order valence-electron chi connectivity index (χ4n) is 3.90. The van der Waals surface area contributed by atoms with Gasteiger partial charge in [-0.3, -0.25) is 0 Å². The van der Waals surface area contributed by atoms with Crippen molar-refractivity contribution >= 4 is 22.6 Å². The molecule has 3 aromatic rings. The molecule has 1 aliphatic heterocycles. The van der Waals surface area contributed by atoms with Gasteiger partial charge in [-0.2, -0.15) is 5.26 Å². The number of aromatic nitrogens is 1. The molecule has 2 heterocycles. The van der Waals surface area contributed by atoms with Crippen LogP contribution in [0.3, 0.4) is 0 Å². The molecule has 1 fully saturated rings. The number of halogens is 1. The van der Waals surface area contributed by atoms with Crippen molar-refractivity contribution in [1.82, 2.24) is 9.88 Å². The Labute approximate surface area is 162 Å². The van der Waals surface area contributed by atoms with Crippen molar-refractivity contribution in [1.29, 1.82) is 5.26 Å². The molecule has 1 aliphatic rings. The summed E-state index contributed by atoms with van der Waals surface area (Å²) in [5, 5.41) is 12.7. The Morgan fingerprint density at radius 2 is 2.07 bits per heavy atom. The lowest BCUT2D eigenvalue weighted by Crippen LogP contribution is -2.40. The van der Waals surface area contributed by atoms with Crippen molar-refractivity contribution in [2.45, 2.75) is 25.2 Å². The first-order chi connectivity index (χ1) is 13.6. The van der Waals surface area contributed by atoms with Gasteiger partial charge in [-0.15, -0.1) is 0 Å². The van der Waals surface area contributed by atoms with Crippen molar-refractivity contribution in [3.8, 4) is 6.07 Å². The van der Waals surface area contributed by atoms with E-state index in [2.05, 4.69) is 16.4 Å². The molecule has 1 aromatic heterocycles. The van der Waals surface area contributed by atoms with Gasteiger partial charge in [0, 0.05) is 35.9 Å². The van der Waals surface area contributed by atoms with E-state index in [1.807, 2.05) is 35.4 Å². The number of hydrogen-bond donors (Lipinski definition) is 2. The number of nitriles is 1. The highest BCUT2D eigenvalue weighted by Gasteiger charge is 2.25. The molecule has 2 aromatic carbocycles. The third-order valence-electron chi connectivity index (χ3n) is 5.36. The van der Waals surface area contributed by atoms with Crippen molar-refractivity contribution < 1.29 is 9.18 Å². The standard InChI is InChI=1S/C22H21FN4O/c23-17-4-5-21-19(13-17)20(14-25-21)16-7-10-27(11-8-16)22(28)26-18-3-1-2-15(12-18)6-9-24/h1-5,12-14,16,25H,6-8,10-11H2,(H,26,28). The Balaban J connectivity index is 1.39. The van der Waals surface area contributed by atoms with Gasteiger partial charge in [-0.05, 0) is 60.2 Å². The number of carbonyl (C=O) groups is 1. The summed E-state index contributed by atoms with van der Waals surface area (Å²) < 4.78 is 13.6. The van der Waals surface area contributed by atoms with Crippen LogP contribution in [0.4, 0.5) is 14.9 Å². The summed E-state index contributed by atoms with van der Waals surface area (Å²) in [7, 11) is 0. The molecule has 2 N–H and O–H groups in total. The topological polar surface area (TPSA) is 71.9 Å². The van der Waals surface area contributed by atoms with Crippen LogP contribution in [0, 0.1) is 17.1 Å². The molecule has 0 radical (unpaired) electrons. The molecule has 4 rings (SSSR count). The lowest BCUT2D eigenvalue weighted by atomic mass is 9.89. The van der Waals surface area contributed by atoms with Gasteiger partial charge in [0.25, 0.3) is 0 Å². The predicted molar refractivity (Wildman–Crippen MR) is 107 cm³/mol. The minimum atomic E-state index is -0.233. The van der Waals surface area contributed by atoms with Crippen molar-refractivity contribution in [2.75, 3.05) is 18.4 Å². The maximum Gasteiger partial charge on any atom is 0.321 e. The fourth-order valence-corrected chi connectivity index (χ4v) is 3.90. The Hall–Kier alpha value is -3.33. The molecular formula is C22H21FN4O. The molecule has 142 valence electrons. The number of hydrogen-bond acceptors (Lipinski definition) is 2. The van der Waals surface area contributed by atoms with E-state index in [1.165, 1.54) is 6.07 Å². The zero-order valence-corrected chi connectivity index (χ0v) is 15.4. The number of piperidine rings is 1. The summed E-state index contributed by atoms with van der Waals surface area (Å²) in [6.07, 6.45) is 3.96. The average molecular weight is 376 g/mol. The molecule has 0 unspecified atom stereocenters. The Bertz CT molecular complexity index is 1040. The van der Waals surface area contributed by atoms with Gasteiger partial charge in [0.15, 0.2) is 0 Å². The molecular weight excluding hydrogens is 355 g/mol. The summed E-state index contributed by atoms with van der Waals surface area (Å²) >= 11 is 0. The number of nitrogens with one attached hydrogen (secondary N) is 2. The Kier molecular flexibility index (Phi) is 4.98. The average Bonchev–Trinajstić information content (AvgIpc) is 3.11. The first-order valence-electron chi connectivity index (χ1n) is 9.42. The van der Waals surface area contributed by atoms with Gasteiger partial charge in [-0.25, -0.2) is 9.18 Å². The van der Waals surface area contributed by atoms with Gasteiger partial charge in [0.1, 0.15) is 5.82 Å². The third-order valence-corrected chi connectivity index (χ3v) is 5.36. The van der Waals surface area contributed by atoms with E-state index in [0.717, 1.165) is 34.9 Å².